The molecule has 0 saturated heterocycles. The van der Waals surface area contributed by atoms with Crippen molar-refractivity contribution in [1.29, 1.82) is 0 Å². The van der Waals surface area contributed by atoms with Crippen molar-refractivity contribution < 1.29 is 0 Å². The second-order valence-electron chi connectivity index (χ2n) is 7.01. The highest BCUT2D eigenvalue weighted by atomic mass is 79.9. The summed E-state index contributed by atoms with van der Waals surface area (Å²) >= 11 is 8.73. The Kier molecular flexibility index (Phi) is 5.99. The normalized spacial score (nSPS) is 16.3. The number of aromatic nitrogens is 2. The minimum atomic E-state index is -0.00698. The molecule has 0 radical (unpaired) electrons. The van der Waals surface area contributed by atoms with Crippen LogP contribution < -0.4 is 10.9 Å². The Bertz CT molecular complexity index is 1010. The summed E-state index contributed by atoms with van der Waals surface area (Å²) in [5.74, 6) is 1.42. The molecule has 0 bridgehead atoms. The van der Waals surface area contributed by atoms with Gasteiger partial charge in [-0.25, -0.2) is 4.98 Å². The summed E-state index contributed by atoms with van der Waals surface area (Å²) in [7, 11) is 0. The molecular formula is C20H21Br2N3OS. The van der Waals surface area contributed by atoms with Crippen LogP contribution in [-0.4, -0.2) is 16.5 Å². The Morgan fingerprint density at radius 1 is 1.22 bits per heavy atom. The van der Waals surface area contributed by atoms with E-state index in [4.69, 9.17) is 0 Å². The first-order valence-electron chi connectivity index (χ1n) is 9.31. The summed E-state index contributed by atoms with van der Waals surface area (Å²) in [5, 5.41) is 5.44. The van der Waals surface area contributed by atoms with Gasteiger partial charge in [0.2, 0.25) is 0 Å². The Labute approximate surface area is 179 Å². The molecule has 0 saturated carbocycles. The first-order chi connectivity index (χ1) is 13.1. The van der Waals surface area contributed by atoms with E-state index in [-0.39, 0.29) is 5.56 Å². The van der Waals surface area contributed by atoms with Crippen molar-refractivity contribution >= 4 is 59.1 Å². The molecule has 142 valence electrons. The van der Waals surface area contributed by atoms with E-state index in [1.165, 1.54) is 41.9 Å². The maximum atomic E-state index is 12.0. The zero-order chi connectivity index (χ0) is 18.8. The van der Waals surface area contributed by atoms with Gasteiger partial charge in [0, 0.05) is 21.9 Å². The summed E-state index contributed by atoms with van der Waals surface area (Å²) in [6, 6.07) is 6.28. The van der Waals surface area contributed by atoms with E-state index in [9.17, 15) is 4.79 Å². The van der Waals surface area contributed by atoms with Gasteiger partial charge in [0.15, 0.2) is 0 Å². The Hall–Kier alpha value is -1.18. The molecule has 2 N–H and O–H groups in total. The topological polar surface area (TPSA) is 57.8 Å². The fraction of sp³-hybridized carbons (Fsp3) is 0.400. The number of rotatable bonds is 6. The lowest BCUT2D eigenvalue weighted by Gasteiger charge is -2.28. The van der Waals surface area contributed by atoms with Crippen LogP contribution in [0.3, 0.4) is 0 Å². The van der Waals surface area contributed by atoms with Crippen LogP contribution >= 0.6 is 43.2 Å². The standard InChI is InChI=1S/C20H21Br2N3OS/c21-13-10-14-12(6-8-23-18(14)15(22)11-13)4-2-1-3-5-17-24-16-7-9-27-19(16)20(26)25-17/h7,9-12,23H,1-6,8H2,(H,24,25,26)/t12-/m0/s1. The van der Waals surface area contributed by atoms with Crippen LogP contribution in [0.5, 0.6) is 0 Å². The Balaban J connectivity index is 1.31. The predicted octanol–water partition coefficient (Wildman–Crippen LogP) is 6.21. The fourth-order valence-electron chi connectivity index (χ4n) is 3.83. The summed E-state index contributed by atoms with van der Waals surface area (Å²) in [5.41, 5.74) is 3.48. The molecule has 1 aliphatic heterocycles. The van der Waals surface area contributed by atoms with Crippen molar-refractivity contribution in [2.75, 3.05) is 11.9 Å². The zero-order valence-corrected chi connectivity index (χ0v) is 18.8. The molecule has 1 aromatic carbocycles. The highest BCUT2D eigenvalue weighted by Crippen LogP contribution is 2.41. The number of halogens is 2. The average molecular weight is 511 g/mol. The smallest absolute Gasteiger partial charge is 0.268 e. The van der Waals surface area contributed by atoms with Crippen molar-refractivity contribution in [3.8, 4) is 0 Å². The molecule has 0 unspecified atom stereocenters. The van der Waals surface area contributed by atoms with Gasteiger partial charge in [-0.3, -0.25) is 4.79 Å². The van der Waals surface area contributed by atoms with Gasteiger partial charge in [-0.05, 0) is 70.3 Å². The number of H-pyrrole nitrogens is 1. The molecule has 0 fully saturated rings. The van der Waals surface area contributed by atoms with Crippen LogP contribution in [0.25, 0.3) is 10.2 Å². The van der Waals surface area contributed by atoms with E-state index in [2.05, 4.69) is 59.3 Å². The molecular weight excluding hydrogens is 490 g/mol. The second kappa shape index (κ2) is 8.45. The van der Waals surface area contributed by atoms with E-state index in [0.717, 1.165) is 50.8 Å². The lowest BCUT2D eigenvalue weighted by molar-refractivity contribution is 0.527. The monoisotopic (exact) mass is 509 g/mol. The predicted molar refractivity (Wildman–Crippen MR) is 120 cm³/mol. The first kappa shape index (κ1) is 19.2. The van der Waals surface area contributed by atoms with E-state index in [1.54, 1.807) is 0 Å². The molecule has 1 aliphatic rings. The maximum absolute atomic E-state index is 12.0. The summed E-state index contributed by atoms with van der Waals surface area (Å²) < 4.78 is 2.98. The van der Waals surface area contributed by atoms with Gasteiger partial charge in [0.1, 0.15) is 10.5 Å². The first-order valence-corrected chi connectivity index (χ1v) is 11.8. The average Bonchev–Trinajstić information content (AvgIpc) is 3.11. The van der Waals surface area contributed by atoms with Crippen LogP contribution in [0, 0.1) is 0 Å². The van der Waals surface area contributed by atoms with Gasteiger partial charge in [0.25, 0.3) is 5.56 Å². The van der Waals surface area contributed by atoms with Crippen LogP contribution in [0.4, 0.5) is 5.69 Å². The quantitative estimate of drug-likeness (QED) is 0.387. The summed E-state index contributed by atoms with van der Waals surface area (Å²) in [4.78, 5) is 19.5. The maximum Gasteiger partial charge on any atom is 0.268 e. The number of benzene rings is 1. The largest absolute Gasteiger partial charge is 0.384 e. The van der Waals surface area contributed by atoms with Crippen molar-refractivity contribution in [3.63, 3.8) is 0 Å². The molecule has 4 rings (SSSR count). The molecule has 7 heteroatoms. The highest BCUT2D eigenvalue weighted by Gasteiger charge is 2.22. The van der Waals surface area contributed by atoms with Gasteiger partial charge in [-0.2, -0.15) is 0 Å². The number of aryl methyl sites for hydroxylation is 1. The molecule has 0 aliphatic carbocycles. The van der Waals surface area contributed by atoms with Crippen molar-refractivity contribution in [2.45, 2.75) is 44.4 Å². The Morgan fingerprint density at radius 3 is 3.00 bits per heavy atom. The van der Waals surface area contributed by atoms with E-state index < -0.39 is 0 Å². The fourth-order valence-corrected chi connectivity index (χ4v) is 5.95. The lowest BCUT2D eigenvalue weighted by atomic mass is 9.87. The van der Waals surface area contributed by atoms with Crippen molar-refractivity contribution in [3.05, 3.63) is 54.3 Å². The van der Waals surface area contributed by atoms with Crippen LogP contribution in [0.15, 0.2) is 37.3 Å². The number of aromatic amines is 1. The number of nitrogens with zero attached hydrogens (tertiary/aromatic N) is 1. The number of hydrogen-bond donors (Lipinski definition) is 2. The van der Waals surface area contributed by atoms with Crippen molar-refractivity contribution in [1.82, 2.24) is 9.97 Å². The number of nitrogens with one attached hydrogen (secondary N) is 2. The molecule has 3 aromatic rings. The van der Waals surface area contributed by atoms with Crippen LogP contribution in [-0.2, 0) is 6.42 Å². The van der Waals surface area contributed by atoms with Gasteiger partial charge in [0.05, 0.1) is 11.2 Å². The number of thiophene rings is 1. The zero-order valence-electron chi connectivity index (χ0n) is 14.9. The van der Waals surface area contributed by atoms with Gasteiger partial charge >= 0.3 is 0 Å². The van der Waals surface area contributed by atoms with E-state index >= 15 is 0 Å². The molecule has 27 heavy (non-hydrogen) atoms. The SMILES string of the molecule is O=c1[nH]c(CCCCC[C@H]2CCNc3c(Br)cc(Br)cc32)nc2ccsc12. The molecule has 3 heterocycles. The lowest BCUT2D eigenvalue weighted by Crippen LogP contribution is -2.17. The molecule has 0 amide bonds. The minimum Gasteiger partial charge on any atom is -0.384 e. The summed E-state index contributed by atoms with van der Waals surface area (Å²) in [6.45, 7) is 1.03. The third-order valence-corrected chi connectivity index (χ3v) is 7.14. The third-order valence-electron chi connectivity index (χ3n) is 5.15. The van der Waals surface area contributed by atoms with Crippen LogP contribution in [0.2, 0.25) is 0 Å². The number of hydrogen-bond acceptors (Lipinski definition) is 4. The van der Waals surface area contributed by atoms with Gasteiger partial charge in [-0.1, -0.05) is 28.8 Å². The molecule has 1 atom stereocenters. The number of fused-ring (bicyclic) bond motifs is 2. The highest BCUT2D eigenvalue weighted by molar-refractivity contribution is 9.11. The van der Waals surface area contributed by atoms with E-state index in [0.29, 0.717) is 5.92 Å². The molecule has 2 aromatic heterocycles. The minimum absolute atomic E-state index is 0.00698. The molecule has 0 spiro atoms. The molecule has 4 nitrogen and oxygen atoms in total. The van der Waals surface area contributed by atoms with Gasteiger partial charge < -0.3 is 10.3 Å². The third kappa shape index (κ3) is 4.30. The number of anilines is 1. The number of unbranched alkanes of at least 4 members (excludes halogenated alkanes) is 2. The van der Waals surface area contributed by atoms with Crippen LogP contribution in [0.1, 0.15) is 49.4 Å². The second-order valence-corrected chi connectivity index (χ2v) is 9.70. The van der Waals surface area contributed by atoms with E-state index in [1.807, 2.05) is 11.4 Å². The Morgan fingerprint density at radius 2 is 2.11 bits per heavy atom. The van der Waals surface area contributed by atoms with Crippen molar-refractivity contribution in [2.24, 2.45) is 0 Å². The van der Waals surface area contributed by atoms with Gasteiger partial charge in [-0.15, -0.1) is 11.3 Å². The summed E-state index contributed by atoms with van der Waals surface area (Å²) in [6.07, 6.45) is 6.61.